The van der Waals surface area contributed by atoms with Crippen LogP contribution >= 0.6 is 0 Å². The summed E-state index contributed by atoms with van der Waals surface area (Å²) in [6.07, 6.45) is 5.62. The molecule has 0 N–H and O–H groups in total. The predicted molar refractivity (Wildman–Crippen MR) is 56.0 cm³/mol. The largest absolute Gasteiger partial charge is 0.299 e. The lowest BCUT2D eigenvalue weighted by Gasteiger charge is -2.18. The molecule has 14 heavy (non-hydrogen) atoms. The van der Waals surface area contributed by atoms with Crippen LogP contribution in [0.2, 0.25) is 0 Å². The van der Waals surface area contributed by atoms with Crippen LogP contribution in [0.25, 0.3) is 0 Å². The minimum atomic E-state index is -0.292. The molecule has 1 aliphatic rings. The monoisotopic (exact) mass is 194 g/mol. The summed E-state index contributed by atoms with van der Waals surface area (Å²) in [5.74, 6) is 0.0196. The summed E-state index contributed by atoms with van der Waals surface area (Å²) < 4.78 is 0. The number of rotatable bonds is 3. The molecular weight excluding hydrogens is 176 g/mol. The van der Waals surface area contributed by atoms with Crippen LogP contribution in [-0.2, 0) is 9.59 Å². The van der Waals surface area contributed by atoms with Crippen molar-refractivity contribution in [2.24, 2.45) is 5.92 Å². The van der Waals surface area contributed by atoms with E-state index in [1.54, 1.807) is 0 Å². The second kappa shape index (κ2) is 5.08. The van der Waals surface area contributed by atoms with E-state index in [9.17, 15) is 9.59 Å². The molecular formula is C12H18O2. The highest BCUT2D eigenvalue weighted by Gasteiger charge is 2.28. The first kappa shape index (κ1) is 11.2. The molecule has 0 aromatic rings. The van der Waals surface area contributed by atoms with Gasteiger partial charge in [0.1, 0.15) is 11.6 Å². The van der Waals surface area contributed by atoms with Gasteiger partial charge in [0.15, 0.2) is 0 Å². The van der Waals surface area contributed by atoms with Gasteiger partial charge >= 0.3 is 0 Å². The zero-order chi connectivity index (χ0) is 10.6. The summed E-state index contributed by atoms with van der Waals surface area (Å²) in [7, 11) is 0. The SMILES string of the molecule is CC(C)=CCCC1C(=O)CCCC1=O. The average Bonchev–Trinajstić information content (AvgIpc) is 2.09. The van der Waals surface area contributed by atoms with Crippen molar-refractivity contribution in [1.29, 1.82) is 0 Å². The molecule has 0 radical (unpaired) electrons. The van der Waals surface area contributed by atoms with Crippen molar-refractivity contribution < 1.29 is 9.59 Å². The first-order valence-corrected chi connectivity index (χ1v) is 5.30. The summed E-state index contributed by atoms with van der Waals surface area (Å²) >= 11 is 0. The molecule has 0 spiro atoms. The van der Waals surface area contributed by atoms with Gasteiger partial charge in [-0.05, 0) is 33.1 Å². The van der Waals surface area contributed by atoms with Crippen LogP contribution in [0.4, 0.5) is 0 Å². The summed E-state index contributed by atoms with van der Waals surface area (Å²) in [6.45, 7) is 4.06. The maximum absolute atomic E-state index is 11.4. The fourth-order valence-electron chi connectivity index (χ4n) is 1.83. The van der Waals surface area contributed by atoms with Gasteiger partial charge in [-0.25, -0.2) is 0 Å². The van der Waals surface area contributed by atoms with Crippen LogP contribution in [0.3, 0.4) is 0 Å². The zero-order valence-electron chi connectivity index (χ0n) is 9.01. The molecule has 1 aliphatic carbocycles. The van der Waals surface area contributed by atoms with Crippen LogP contribution in [0.5, 0.6) is 0 Å². The molecule has 0 saturated heterocycles. The van der Waals surface area contributed by atoms with Crippen molar-refractivity contribution >= 4 is 11.6 Å². The third kappa shape index (κ3) is 3.09. The van der Waals surface area contributed by atoms with Gasteiger partial charge in [-0.15, -0.1) is 0 Å². The molecule has 2 heteroatoms. The summed E-state index contributed by atoms with van der Waals surface area (Å²) in [4.78, 5) is 22.9. The fourth-order valence-corrected chi connectivity index (χ4v) is 1.83. The Morgan fingerprint density at radius 1 is 1.29 bits per heavy atom. The fraction of sp³-hybridized carbons (Fsp3) is 0.667. The first-order chi connectivity index (χ1) is 6.61. The van der Waals surface area contributed by atoms with Gasteiger partial charge in [-0.1, -0.05) is 11.6 Å². The second-order valence-electron chi connectivity index (χ2n) is 4.20. The van der Waals surface area contributed by atoms with Crippen LogP contribution in [0.15, 0.2) is 11.6 Å². The van der Waals surface area contributed by atoms with Crippen LogP contribution in [0.1, 0.15) is 46.0 Å². The van der Waals surface area contributed by atoms with Crippen molar-refractivity contribution in [3.63, 3.8) is 0 Å². The highest BCUT2D eigenvalue weighted by atomic mass is 16.2. The van der Waals surface area contributed by atoms with Crippen molar-refractivity contribution in [1.82, 2.24) is 0 Å². The normalized spacial score (nSPS) is 18.4. The first-order valence-electron chi connectivity index (χ1n) is 5.30. The molecule has 78 valence electrons. The molecule has 0 atom stereocenters. The molecule has 1 saturated carbocycles. The van der Waals surface area contributed by atoms with Crippen molar-refractivity contribution in [3.8, 4) is 0 Å². The molecule has 0 unspecified atom stereocenters. The number of hydrogen-bond acceptors (Lipinski definition) is 2. The zero-order valence-corrected chi connectivity index (χ0v) is 9.01. The van der Waals surface area contributed by atoms with Gasteiger partial charge < -0.3 is 0 Å². The van der Waals surface area contributed by atoms with Gasteiger partial charge in [0, 0.05) is 12.8 Å². The highest BCUT2D eigenvalue weighted by molar-refractivity contribution is 6.04. The lowest BCUT2D eigenvalue weighted by atomic mass is 9.83. The van der Waals surface area contributed by atoms with E-state index in [4.69, 9.17) is 0 Å². The van der Waals surface area contributed by atoms with Crippen LogP contribution < -0.4 is 0 Å². The third-order valence-corrected chi connectivity index (χ3v) is 2.63. The third-order valence-electron chi connectivity index (χ3n) is 2.63. The number of hydrogen-bond donors (Lipinski definition) is 0. The Labute approximate surface area is 85.4 Å². The summed E-state index contributed by atoms with van der Waals surface area (Å²) in [5, 5.41) is 0. The molecule has 0 amide bonds. The number of carbonyl (C=O) groups excluding carboxylic acids is 2. The van der Waals surface area contributed by atoms with Gasteiger partial charge in [-0.3, -0.25) is 9.59 Å². The average molecular weight is 194 g/mol. The van der Waals surface area contributed by atoms with E-state index in [1.807, 2.05) is 13.8 Å². The van der Waals surface area contributed by atoms with E-state index in [-0.39, 0.29) is 17.5 Å². The van der Waals surface area contributed by atoms with E-state index >= 15 is 0 Å². The molecule has 0 aromatic carbocycles. The van der Waals surface area contributed by atoms with Gasteiger partial charge in [0.05, 0.1) is 5.92 Å². The minimum absolute atomic E-state index is 0.156. The van der Waals surface area contributed by atoms with E-state index in [0.29, 0.717) is 19.3 Å². The molecule has 0 aliphatic heterocycles. The lowest BCUT2D eigenvalue weighted by Crippen LogP contribution is -2.28. The quantitative estimate of drug-likeness (QED) is 0.511. The Balaban J connectivity index is 2.45. The number of carbonyl (C=O) groups is 2. The van der Waals surface area contributed by atoms with Gasteiger partial charge in [0.25, 0.3) is 0 Å². The van der Waals surface area contributed by atoms with Crippen LogP contribution in [-0.4, -0.2) is 11.6 Å². The smallest absolute Gasteiger partial charge is 0.143 e. The van der Waals surface area contributed by atoms with Gasteiger partial charge in [0.2, 0.25) is 0 Å². The summed E-state index contributed by atoms with van der Waals surface area (Å²) in [6, 6.07) is 0. The second-order valence-corrected chi connectivity index (χ2v) is 4.20. The van der Waals surface area contributed by atoms with Crippen molar-refractivity contribution in [2.45, 2.75) is 46.0 Å². The van der Waals surface area contributed by atoms with Crippen molar-refractivity contribution in [3.05, 3.63) is 11.6 Å². The molecule has 0 aromatic heterocycles. The molecule has 1 rings (SSSR count). The van der Waals surface area contributed by atoms with E-state index in [1.165, 1.54) is 5.57 Å². The topological polar surface area (TPSA) is 34.1 Å². The van der Waals surface area contributed by atoms with Crippen molar-refractivity contribution in [2.75, 3.05) is 0 Å². The maximum Gasteiger partial charge on any atom is 0.143 e. The van der Waals surface area contributed by atoms with E-state index in [2.05, 4.69) is 6.08 Å². The van der Waals surface area contributed by atoms with Gasteiger partial charge in [-0.2, -0.15) is 0 Å². The Morgan fingerprint density at radius 3 is 2.36 bits per heavy atom. The minimum Gasteiger partial charge on any atom is -0.299 e. The van der Waals surface area contributed by atoms with E-state index < -0.39 is 0 Å². The van der Waals surface area contributed by atoms with Crippen LogP contribution in [0, 0.1) is 5.92 Å². The number of allylic oxidation sites excluding steroid dienone is 2. The highest BCUT2D eigenvalue weighted by Crippen LogP contribution is 2.21. The Bertz CT molecular complexity index is 243. The number of ketones is 2. The molecule has 1 fully saturated rings. The molecule has 0 bridgehead atoms. The molecule has 2 nitrogen and oxygen atoms in total. The Kier molecular flexibility index (Phi) is 4.05. The summed E-state index contributed by atoms with van der Waals surface area (Å²) in [5.41, 5.74) is 1.25. The van der Waals surface area contributed by atoms with E-state index in [0.717, 1.165) is 12.8 Å². The predicted octanol–water partition coefficient (Wildman–Crippen LogP) is 2.67. The lowest BCUT2D eigenvalue weighted by molar-refractivity contribution is -0.135. The Hall–Kier alpha value is -0.920. The molecule has 0 heterocycles. The Morgan fingerprint density at radius 2 is 1.86 bits per heavy atom. The maximum atomic E-state index is 11.4. The standard InChI is InChI=1S/C12H18O2/c1-9(2)5-3-6-10-11(13)7-4-8-12(10)14/h5,10H,3-4,6-8H2,1-2H3. The number of Topliss-reactive ketones (excluding diaryl/α,β-unsaturated/α-hetero) is 2.